The van der Waals surface area contributed by atoms with Crippen molar-refractivity contribution in [2.45, 2.75) is 39.7 Å². The molecule has 0 N–H and O–H groups in total. The van der Waals surface area contributed by atoms with E-state index in [1.807, 2.05) is 39.8 Å². The number of halogens is 1. The van der Waals surface area contributed by atoms with Crippen LogP contribution in [0, 0.1) is 5.82 Å². The molecular weight excluding hydrogens is 373 g/mol. The summed E-state index contributed by atoms with van der Waals surface area (Å²) in [5.74, 6) is 0.787. The predicted octanol–water partition coefficient (Wildman–Crippen LogP) is 4.63. The van der Waals surface area contributed by atoms with E-state index >= 15 is 0 Å². The molecule has 0 aliphatic carbocycles. The lowest BCUT2D eigenvalue weighted by atomic mass is 10.1. The van der Waals surface area contributed by atoms with Crippen LogP contribution in [-0.2, 0) is 11.2 Å². The van der Waals surface area contributed by atoms with Gasteiger partial charge < -0.3 is 19.3 Å². The molecule has 156 valence electrons. The molecule has 6 nitrogen and oxygen atoms in total. The van der Waals surface area contributed by atoms with Gasteiger partial charge in [-0.05, 0) is 63.1 Å². The van der Waals surface area contributed by atoms with E-state index in [9.17, 15) is 9.18 Å². The minimum Gasteiger partial charge on any atom is -0.444 e. The summed E-state index contributed by atoms with van der Waals surface area (Å²) in [7, 11) is 0. The van der Waals surface area contributed by atoms with Crippen molar-refractivity contribution in [3.63, 3.8) is 0 Å². The summed E-state index contributed by atoms with van der Waals surface area (Å²) < 4.78 is 25.0. The molecule has 1 saturated heterocycles. The van der Waals surface area contributed by atoms with Gasteiger partial charge in [0.05, 0.1) is 0 Å². The summed E-state index contributed by atoms with van der Waals surface area (Å²) in [5, 5.41) is 0. The van der Waals surface area contributed by atoms with Crippen LogP contribution in [0.5, 0.6) is 11.6 Å². The molecule has 1 aromatic carbocycles. The highest BCUT2D eigenvalue weighted by Crippen LogP contribution is 2.33. The Morgan fingerprint density at radius 1 is 1.17 bits per heavy atom. The number of nitrogens with zero attached hydrogens (tertiary/aromatic N) is 3. The van der Waals surface area contributed by atoms with E-state index in [0.29, 0.717) is 44.2 Å². The number of carbonyl (C=O) groups is 1. The first-order chi connectivity index (χ1) is 13.8. The summed E-state index contributed by atoms with van der Waals surface area (Å²) in [4.78, 5) is 20.5. The highest BCUT2D eigenvalue weighted by molar-refractivity contribution is 5.69. The van der Waals surface area contributed by atoms with Gasteiger partial charge in [0, 0.05) is 32.4 Å². The molecule has 2 aromatic rings. The molecule has 0 unspecified atom stereocenters. The normalized spacial score (nSPS) is 14.7. The molecule has 0 spiro atoms. The minimum atomic E-state index is -0.509. The average Bonchev–Trinajstić information content (AvgIpc) is 2.68. The fraction of sp³-hybridized carbons (Fsp3) is 0.455. The SMILES string of the molecule is CCc1cc(F)ccc1Oc1ncccc1N1CCN(C(=O)OC(C)(C)C)CC1. The van der Waals surface area contributed by atoms with Gasteiger partial charge in [0.2, 0.25) is 5.88 Å². The number of hydrogen-bond acceptors (Lipinski definition) is 5. The van der Waals surface area contributed by atoms with Crippen LogP contribution in [-0.4, -0.2) is 47.8 Å². The lowest BCUT2D eigenvalue weighted by molar-refractivity contribution is 0.0240. The van der Waals surface area contributed by atoms with Crippen LogP contribution in [0.15, 0.2) is 36.5 Å². The number of amides is 1. The molecule has 1 fully saturated rings. The van der Waals surface area contributed by atoms with Crippen molar-refractivity contribution in [3.8, 4) is 11.6 Å². The maximum atomic E-state index is 13.5. The molecule has 29 heavy (non-hydrogen) atoms. The number of hydrogen-bond donors (Lipinski definition) is 0. The Bertz CT molecular complexity index is 859. The van der Waals surface area contributed by atoms with E-state index < -0.39 is 5.60 Å². The van der Waals surface area contributed by atoms with Crippen LogP contribution < -0.4 is 9.64 Å². The van der Waals surface area contributed by atoms with Crippen molar-refractivity contribution in [2.75, 3.05) is 31.1 Å². The summed E-state index contributed by atoms with van der Waals surface area (Å²) in [6.07, 6.45) is 2.04. The van der Waals surface area contributed by atoms with Crippen LogP contribution in [0.2, 0.25) is 0 Å². The largest absolute Gasteiger partial charge is 0.444 e. The number of ether oxygens (including phenoxy) is 2. The summed E-state index contributed by atoms with van der Waals surface area (Å²) >= 11 is 0. The second-order valence-electron chi connectivity index (χ2n) is 7.99. The van der Waals surface area contributed by atoms with Crippen molar-refractivity contribution in [1.82, 2.24) is 9.88 Å². The molecule has 7 heteroatoms. The number of benzene rings is 1. The molecule has 1 amide bonds. The topological polar surface area (TPSA) is 54.9 Å². The van der Waals surface area contributed by atoms with Gasteiger partial charge in [0.25, 0.3) is 0 Å². The van der Waals surface area contributed by atoms with E-state index in [0.717, 1.165) is 11.3 Å². The lowest BCUT2D eigenvalue weighted by Crippen LogP contribution is -2.50. The highest BCUT2D eigenvalue weighted by Gasteiger charge is 2.27. The van der Waals surface area contributed by atoms with Crippen LogP contribution >= 0.6 is 0 Å². The number of aryl methyl sites for hydroxylation is 1. The second kappa shape index (κ2) is 8.68. The van der Waals surface area contributed by atoms with Crippen molar-refractivity contribution in [3.05, 3.63) is 47.9 Å². The van der Waals surface area contributed by atoms with Crippen LogP contribution in [0.3, 0.4) is 0 Å². The molecule has 0 bridgehead atoms. The number of anilines is 1. The molecule has 0 saturated carbocycles. The van der Waals surface area contributed by atoms with Gasteiger partial charge in [-0.1, -0.05) is 6.92 Å². The van der Waals surface area contributed by atoms with Crippen LogP contribution in [0.4, 0.5) is 14.9 Å². The van der Waals surface area contributed by atoms with Crippen molar-refractivity contribution in [1.29, 1.82) is 0 Å². The Labute approximate surface area is 171 Å². The molecular formula is C22H28FN3O3. The van der Waals surface area contributed by atoms with E-state index in [1.54, 1.807) is 17.2 Å². The Balaban J connectivity index is 1.71. The molecule has 2 heterocycles. The average molecular weight is 401 g/mol. The fourth-order valence-electron chi connectivity index (χ4n) is 3.19. The fourth-order valence-corrected chi connectivity index (χ4v) is 3.19. The maximum absolute atomic E-state index is 13.5. The van der Waals surface area contributed by atoms with Crippen LogP contribution in [0.1, 0.15) is 33.3 Å². The molecule has 3 rings (SSSR count). The Morgan fingerprint density at radius 2 is 1.90 bits per heavy atom. The number of pyridine rings is 1. The monoisotopic (exact) mass is 401 g/mol. The maximum Gasteiger partial charge on any atom is 0.410 e. The van der Waals surface area contributed by atoms with Gasteiger partial charge in [-0.2, -0.15) is 0 Å². The molecule has 0 radical (unpaired) electrons. The minimum absolute atomic E-state index is 0.284. The van der Waals surface area contributed by atoms with Gasteiger partial charge >= 0.3 is 6.09 Å². The van der Waals surface area contributed by atoms with Gasteiger partial charge in [-0.15, -0.1) is 0 Å². The number of aromatic nitrogens is 1. The highest BCUT2D eigenvalue weighted by atomic mass is 19.1. The zero-order valence-electron chi connectivity index (χ0n) is 17.4. The third-order valence-corrected chi connectivity index (χ3v) is 4.63. The van der Waals surface area contributed by atoms with Gasteiger partial charge in [0.15, 0.2) is 0 Å². The van der Waals surface area contributed by atoms with Gasteiger partial charge in [-0.25, -0.2) is 14.2 Å². The number of rotatable bonds is 4. The quantitative estimate of drug-likeness (QED) is 0.748. The van der Waals surface area contributed by atoms with Gasteiger partial charge in [0.1, 0.15) is 22.9 Å². The predicted molar refractivity (Wildman–Crippen MR) is 110 cm³/mol. The molecule has 1 aromatic heterocycles. The van der Waals surface area contributed by atoms with Crippen LogP contribution in [0.25, 0.3) is 0 Å². The summed E-state index contributed by atoms with van der Waals surface area (Å²) in [6, 6.07) is 8.30. The van der Waals surface area contributed by atoms with E-state index in [2.05, 4.69) is 9.88 Å². The summed E-state index contributed by atoms with van der Waals surface area (Å²) in [6.45, 7) is 9.94. The first-order valence-electron chi connectivity index (χ1n) is 9.91. The van der Waals surface area contributed by atoms with E-state index in [-0.39, 0.29) is 11.9 Å². The number of piperazine rings is 1. The lowest BCUT2D eigenvalue weighted by Gasteiger charge is -2.37. The van der Waals surface area contributed by atoms with Crippen molar-refractivity contribution in [2.24, 2.45) is 0 Å². The van der Waals surface area contributed by atoms with Gasteiger partial charge in [-0.3, -0.25) is 0 Å². The Kier molecular flexibility index (Phi) is 6.25. The molecule has 0 atom stereocenters. The van der Waals surface area contributed by atoms with E-state index in [4.69, 9.17) is 9.47 Å². The third kappa shape index (κ3) is 5.37. The second-order valence-corrected chi connectivity index (χ2v) is 7.99. The first-order valence-corrected chi connectivity index (χ1v) is 9.91. The van der Waals surface area contributed by atoms with E-state index in [1.165, 1.54) is 12.1 Å². The Morgan fingerprint density at radius 3 is 2.55 bits per heavy atom. The molecule has 1 aliphatic heterocycles. The zero-order valence-corrected chi connectivity index (χ0v) is 17.4. The zero-order chi connectivity index (χ0) is 21.0. The standard InChI is InChI=1S/C22H28FN3O3/c1-5-16-15-17(23)8-9-19(16)28-20-18(7-6-10-24-20)25-11-13-26(14-12-25)21(27)29-22(2,3)4/h6-10,15H,5,11-14H2,1-4H3. The van der Waals surface area contributed by atoms with Crippen molar-refractivity contribution >= 4 is 11.8 Å². The smallest absolute Gasteiger partial charge is 0.410 e. The first kappa shape index (κ1) is 20.9. The third-order valence-electron chi connectivity index (χ3n) is 4.63. The molecule has 1 aliphatic rings. The van der Waals surface area contributed by atoms with Crippen molar-refractivity contribution < 1.29 is 18.7 Å². The number of carbonyl (C=O) groups excluding carboxylic acids is 1. The summed E-state index contributed by atoms with van der Waals surface area (Å²) in [5.41, 5.74) is 1.13. The Hall–Kier alpha value is -2.83.